The average Bonchev–Trinajstić information content (AvgIpc) is 2.52. The first-order valence-corrected chi connectivity index (χ1v) is 29.1. The number of nitrogens with one attached hydrogen (secondary N) is 6. The van der Waals surface area contributed by atoms with Gasteiger partial charge in [0.2, 0.25) is 43.6 Å². The highest BCUT2D eigenvalue weighted by Crippen LogP contribution is 2.40. The first kappa shape index (κ1) is 60.4. The lowest BCUT2D eigenvalue weighted by atomic mass is 9.72. The molecule has 2 aliphatic rings. The monoisotopic (exact) mass is 1160 g/mol. The number of aryl methyl sites for hydroxylation is 2. The number of carbonyl (C=O) groups is 7. The van der Waals surface area contributed by atoms with Crippen LogP contribution in [0, 0.1) is 19.3 Å². The van der Waals surface area contributed by atoms with E-state index in [0.29, 0.717) is 24.3 Å². The maximum atomic E-state index is 14.1. The molecule has 1 atom stereocenters. The van der Waals surface area contributed by atoms with Crippen LogP contribution in [0.5, 0.6) is 17.2 Å². The number of nitrogens with zero attached hydrogens (tertiary/aromatic N) is 2. The maximum absolute atomic E-state index is 14.1. The molecule has 5 aromatic carbocycles. The van der Waals surface area contributed by atoms with Gasteiger partial charge in [-0.05, 0) is 105 Å². The number of allylic oxidation sites excluding steroid dienone is 2. The molecular weight excluding hydrogens is 1100 g/mol. The molecule has 82 heavy (non-hydrogen) atoms. The van der Waals surface area contributed by atoms with Crippen molar-refractivity contribution in [3.63, 3.8) is 0 Å². The molecule has 23 nitrogen and oxygen atoms in total. The van der Waals surface area contributed by atoms with Gasteiger partial charge in [0.25, 0.3) is 17.7 Å². The maximum Gasteiger partial charge on any atom is 0.339 e. The zero-order valence-corrected chi connectivity index (χ0v) is 47.5. The van der Waals surface area contributed by atoms with Crippen molar-refractivity contribution >= 4 is 95.4 Å². The summed E-state index contributed by atoms with van der Waals surface area (Å²) in [6.07, 6.45) is 1.28. The number of hydrogen-bond donors (Lipinski definition) is 7. The van der Waals surface area contributed by atoms with Gasteiger partial charge in [-0.1, -0.05) is 50.2 Å². The Balaban J connectivity index is 1.09. The highest BCUT2D eigenvalue weighted by Gasteiger charge is 2.43. The van der Waals surface area contributed by atoms with Crippen molar-refractivity contribution < 1.29 is 69.7 Å². The van der Waals surface area contributed by atoms with Crippen LogP contribution in [0.15, 0.2) is 131 Å². The Morgan fingerprint density at radius 3 is 2.17 bits per heavy atom. The lowest BCUT2D eigenvalue weighted by Crippen LogP contribution is -2.46. The fourth-order valence-electron chi connectivity index (χ4n) is 8.92. The second-order valence-corrected chi connectivity index (χ2v) is 23.4. The Bertz CT molecular complexity index is 3750. The topological polar surface area (TPSA) is 323 Å². The number of carbonyl (C=O) groups excluding carboxylic acids is 6. The number of ether oxygens (including phenoxy) is 3. The number of anilines is 4. The summed E-state index contributed by atoms with van der Waals surface area (Å²) in [6, 6.07) is 25.1. The summed E-state index contributed by atoms with van der Waals surface area (Å²) >= 11 is 0. The lowest BCUT2D eigenvalue weighted by molar-refractivity contribution is -0.125. The number of ketones is 2. The molecule has 0 radical (unpaired) electrons. The van der Waals surface area contributed by atoms with E-state index in [-0.39, 0.29) is 87.0 Å². The fraction of sp³-hybridized carbons (Fsp3) is 0.263. The number of rotatable bonds is 23. The van der Waals surface area contributed by atoms with Gasteiger partial charge in [0.05, 0.1) is 53.8 Å². The van der Waals surface area contributed by atoms with Gasteiger partial charge in [-0.15, -0.1) is 0 Å². The van der Waals surface area contributed by atoms with Crippen LogP contribution in [0.4, 0.5) is 28.4 Å². The number of carboxylic acid groups (broad SMARTS) is 1. The Morgan fingerprint density at radius 1 is 0.805 bits per heavy atom. The smallest absolute Gasteiger partial charge is 0.339 e. The molecule has 0 bridgehead atoms. The van der Waals surface area contributed by atoms with Gasteiger partial charge in [-0.2, -0.15) is 0 Å². The molecular formula is C57H60N8O15S2. The van der Waals surface area contributed by atoms with Crippen LogP contribution in [0.2, 0.25) is 0 Å². The minimum Gasteiger partial charge on any atom is -0.495 e. The standard InChI is InChI=1S/C57H60N8O15S2/c1-9-65(24-23-58-81(7,74)75)37-18-19-39(33(3)26-37)60-42-29-43(52(69)49-50(42)63-47(66)30-57(49,4)5)61-48(67)31-79-44-22-17-36(28-38(44)56(72)73)59-54(70)35-16-21-46(41(27-35)64-82(8,76)77)80-53(51(68)34-13-11-10-12-14-34)55(71)62-40-25-32(2)15-20-45(40)78-6/h10-22,25-29,53,58,64H,9,23-24,30-31H2,1-8H3,(H,59,70)(H,61,67)(H,62,71)(H,63,66)(H,72,73). The minimum atomic E-state index is -4.10. The van der Waals surface area contributed by atoms with Gasteiger partial charge in [-0.3, -0.25) is 33.5 Å². The first-order chi connectivity index (χ1) is 38.6. The van der Waals surface area contributed by atoms with Crippen molar-refractivity contribution in [2.24, 2.45) is 10.4 Å². The van der Waals surface area contributed by atoms with Crippen LogP contribution < -0.4 is 49.8 Å². The van der Waals surface area contributed by atoms with E-state index in [4.69, 9.17) is 19.2 Å². The van der Waals surface area contributed by atoms with Crippen molar-refractivity contribution in [3.05, 3.63) is 154 Å². The quantitative estimate of drug-likeness (QED) is 0.0230. The average molecular weight is 1160 g/mol. The van der Waals surface area contributed by atoms with Gasteiger partial charge in [0.1, 0.15) is 22.8 Å². The fourth-order valence-corrected chi connectivity index (χ4v) is 9.94. The highest BCUT2D eigenvalue weighted by atomic mass is 32.2. The molecule has 0 aromatic heterocycles. The molecule has 430 valence electrons. The number of amides is 4. The third kappa shape index (κ3) is 15.2. The number of methoxy groups -OCH3 is 1. The number of likely N-dealkylation sites (N-methyl/N-ethyl adjacent to an activating group) is 1. The number of benzene rings is 5. The second-order valence-electron chi connectivity index (χ2n) is 19.8. The summed E-state index contributed by atoms with van der Waals surface area (Å²) in [5, 5.41) is 20.7. The second kappa shape index (κ2) is 25.1. The number of aromatic carboxylic acids is 1. The molecule has 0 fully saturated rings. The van der Waals surface area contributed by atoms with Crippen LogP contribution >= 0.6 is 0 Å². The third-order valence-electron chi connectivity index (χ3n) is 12.7. The predicted octanol–water partition coefficient (Wildman–Crippen LogP) is 5.81. The number of hydrogen-bond acceptors (Lipinski definition) is 16. The molecule has 1 aliphatic carbocycles. The highest BCUT2D eigenvalue weighted by molar-refractivity contribution is 7.92. The molecule has 1 unspecified atom stereocenters. The molecule has 0 spiro atoms. The van der Waals surface area contributed by atoms with Crippen molar-refractivity contribution in [2.45, 2.75) is 47.1 Å². The van der Waals surface area contributed by atoms with E-state index in [1.54, 1.807) is 69.3 Å². The Morgan fingerprint density at radius 2 is 1.51 bits per heavy atom. The van der Waals surface area contributed by atoms with Gasteiger partial charge in [-0.25, -0.2) is 31.3 Å². The molecule has 25 heteroatoms. The largest absolute Gasteiger partial charge is 0.495 e. The van der Waals surface area contributed by atoms with Crippen molar-refractivity contribution in [2.75, 3.05) is 66.1 Å². The summed E-state index contributed by atoms with van der Waals surface area (Å²) in [4.78, 5) is 102. The van der Waals surface area contributed by atoms with E-state index in [0.717, 1.165) is 35.9 Å². The van der Waals surface area contributed by atoms with Crippen LogP contribution in [0.1, 0.15) is 69.4 Å². The van der Waals surface area contributed by atoms with E-state index in [2.05, 4.69) is 30.7 Å². The zero-order chi connectivity index (χ0) is 59.8. The van der Waals surface area contributed by atoms with Crippen molar-refractivity contribution in [1.82, 2.24) is 15.4 Å². The number of Topliss-reactive ketones (excluding diaryl/α,β-unsaturated/α-hetero) is 2. The van der Waals surface area contributed by atoms with E-state index in [1.165, 1.54) is 49.6 Å². The van der Waals surface area contributed by atoms with E-state index >= 15 is 0 Å². The van der Waals surface area contributed by atoms with Crippen molar-refractivity contribution in [3.8, 4) is 17.2 Å². The van der Waals surface area contributed by atoms with E-state index in [9.17, 15) is 55.5 Å². The Labute approximate surface area is 473 Å². The van der Waals surface area contributed by atoms with Gasteiger partial charge >= 0.3 is 5.97 Å². The third-order valence-corrected chi connectivity index (χ3v) is 14.1. The SMILES string of the molecule is CCN(CCNS(C)(=O)=O)c1ccc(N=C2C=C(NC(=O)COc3ccc(NC(=O)c4ccc(OC(C(=O)Nc5cc(C)ccc5OC)C(=O)c5ccccc5)c(NS(C)(=O)=O)c4)cc3C(=O)O)C(=O)C3=C2NC(=O)CC3(C)C)c(C)c1. The van der Waals surface area contributed by atoms with Crippen LogP contribution in [-0.2, 0) is 39.2 Å². The van der Waals surface area contributed by atoms with Gasteiger partial charge in [0, 0.05) is 59.5 Å². The summed E-state index contributed by atoms with van der Waals surface area (Å²) in [5.41, 5.74) is 1.29. The summed E-state index contributed by atoms with van der Waals surface area (Å²) in [6.45, 7) is 9.28. The van der Waals surface area contributed by atoms with E-state index in [1.807, 2.05) is 24.8 Å². The molecule has 7 N–H and O–H groups in total. The molecule has 0 saturated heterocycles. The number of sulfonamides is 2. The number of aliphatic imine (C=N–C) groups is 1. The molecule has 1 aliphatic heterocycles. The van der Waals surface area contributed by atoms with Crippen LogP contribution in [-0.4, -0.2) is 121 Å². The lowest BCUT2D eigenvalue weighted by Gasteiger charge is -2.36. The molecule has 0 saturated carbocycles. The molecule has 4 amide bonds. The minimum absolute atomic E-state index is 0.0476. The Kier molecular flexibility index (Phi) is 18.5. The van der Waals surface area contributed by atoms with Crippen LogP contribution in [0.3, 0.4) is 0 Å². The van der Waals surface area contributed by atoms with Gasteiger partial charge < -0.3 is 45.5 Å². The van der Waals surface area contributed by atoms with E-state index < -0.39 is 79.0 Å². The van der Waals surface area contributed by atoms with Crippen molar-refractivity contribution in [1.29, 1.82) is 0 Å². The Hall–Kier alpha value is -9.20. The zero-order valence-electron chi connectivity index (χ0n) is 45.9. The number of carboxylic acids is 1. The first-order valence-electron chi connectivity index (χ1n) is 25.3. The van der Waals surface area contributed by atoms with Crippen LogP contribution in [0.25, 0.3) is 0 Å². The summed E-state index contributed by atoms with van der Waals surface area (Å²) < 4.78 is 70.4. The summed E-state index contributed by atoms with van der Waals surface area (Å²) in [7, 11) is -6.09. The summed E-state index contributed by atoms with van der Waals surface area (Å²) in [5.74, 6) is -6.25. The predicted molar refractivity (Wildman–Crippen MR) is 307 cm³/mol. The normalized spacial score (nSPS) is 14.8. The van der Waals surface area contributed by atoms with Gasteiger partial charge in [0.15, 0.2) is 6.61 Å². The molecule has 7 rings (SSSR count). The molecule has 1 heterocycles. The molecule has 5 aromatic rings.